The smallest absolute Gasteiger partial charge is 0.410 e. The molecule has 1 aliphatic heterocycles. The number of rotatable bonds is 13. The highest BCUT2D eigenvalue weighted by molar-refractivity contribution is 5.67. The Kier molecular flexibility index (Phi) is 11.9. The van der Waals surface area contributed by atoms with E-state index < -0.39 is 0 Å². The van der Waals surface area contributed by atoms with Gasteiger partial charge in [-0.05, 0) is 19.8 Å². The van der Waals surface area contributed by atoms with Crippen LogP contribution in [0, 0.1) is 0 Å². The summed E-state index contributed by atoms with van der Waals surface area (Å²) in [6.45, 7) is 8.81. The summed E-state index contributed by atoms with van der Waals surface area (Å²) in [4.78, 5) is 19.4. The van der Waals surface area contributed by atoms with E-state index in [1.165, 1.54) is 64.2 Å². The first-order valence-electron chi connectivity index (χ1n) is 10.5. The molecule has 1 aliphatic rings. The fraction of sp³-hybridized carbons (Fsp3) is 0.950. The third kappa shape index (κ3) is 8.91. The van der Waals surface area contributed by atoms with E-state index >= 15 is 0 Å². The second-order valence-corrected chi connectivity index (χ2v) is 7.28. The molecule has 0 radical (unpaired) electrons. The zero-order chi connectivity index (χ0) is 18.4. The molecule has 25 heavy (non-hydrogen) atoms. The minimum atomic E-state index is -0.185. The lowest BCUT2D eigenvalue weighted by Gasteiger charge is -2.40. The van der Waals surface area contributed by atoms with Gasteiger partial charge >= 0.3 is 6.09 Å². The number of amides is 1. The van der Waals surface area contributed by atoms with Crippen molar-refractivity contribution in [2.24, 2.45) is 0 Å². The number of hydroxylamine groups is 3. The monoisotopic (exact) mass is 357 g/mol. The quantitative estimate of drug-likeness (QED) is 0.352. The molecule has 5 nitrogen and oxygen atoms in total. The summed E-state index contributed by atoms with van der Waals surface area (Å²) >= 11 is 0. The molecule has 0 bridgehead atoms. The Bertz CT molecular complexity index is 342. The summed E-state index contributed by atoms with van der Waals surface area (Å²) in [5, 5.41) is 0. The van der Waals surface area contributed by atoms with Crippen LogP contribution in [-0.2, 0) is 9.57 Å². The van der Waals surface area contributed by atoms with E-state index in [2.05, 4.69) is 6.92 Å². The SMILES string of the molecule is CCCCCCCCCCCC[N+]1(OC)CCN(C(=O)OCC)CC1. The lowest BCUT2D eigenvalue weighted by Crippen LogP contribution is -2.60. The van der Waals surface area contributed by atoms with Crippen LogP contribution in [0.3, 0.4) is 0 Å². The largest absolute Gasteiger partial charge is 0.450 e. The molecule has 1 saturated heterocycles. The van der Waals surface area contributed by atoms with Gasteiger partial charge in [0.05, 0.1) is 26.8 Å². The van der Waals surface area contributed by atoms with Gasteiger partial charge in [-0.25, -0.2) is 9.63 Å². The maximum Gasteiger partial charge on any atom is 0.410 e. The van der Waals surface area contributed by atoms with Crippen molar-refractivity contribution in [3.8, 4) is 0 Å². The van der Waals surface area contributed by atoms with Crippen molar-refractivity contribution in [2.75, 3.05) is 46.4 Å². The summed E-state index contributed by atoms with van der Waals surface area (Å²) in [6, 6.07) is 0. The molecule has 0 N–H and O–H groups in total. The van der Waals surface area contributed by atoms with E-state index in [1.807, 2.05) is 6.92 Å². The summed E-state index contributed by atoms with van der Waals surface area (Å²) in [6.07, 6.45) is 13.4. The average molecular weight is 358 g/mol. The predicted molar refractivity (Wildman–Crippen MR) is 102 cm³/mol. The van der Waals surface area contributed by atoms with Gasteiger partial charge in [0.1, 0.15) is 19.6 Å². The lowest BCUT2D eigenvalue weighted by molar-refractivity contribution is -1.10. The second-order valence-electron chi connectivity index (χ2n) is 7.28. The Labute approximate surface area is 155 Å². The van der Waals surface area contributed by atoms with E-state index in [0.717, 1.165) is 32.7 Å². The van der Waals surface area contributed by atoms with Gasteiger partial charge in [-0.15, -0.1) is 0 Å². The van der Waals surface area contributed by atoms with E-state index in [0.29, 0.717) is 11.3 Å². The molecule has 0 atom stereocenters. The standard InChI is InChI=1S/C20H41N2O3/c1-4-6-7-8-9-10-11-12-13-14-17-22(24-3)18-15-21(16-19-22)20(23)25-5-2/h4-19H2,1-3H3/q+1. The number of ether oxygens (including phenoxy) is 1. The third-order valence-electron chi connectivity index (χ3n) is 5.39. The Morgan fingerprint density at radius 3 is 1.88 bits per heavy atom. The van der Waals surface area contributed by atoms with Crippen LogP contribution in [0.25, 0.3) is 0 Å². The zero-order valence-corrected chi connectivity index (χ0v) is 16.9. The summed E-state index contributed by atoms with van der Waals surface area (Å²) in [5.74, 6) is 0. The zero-order valence-electron chi connectivity index (χ0n) is 16.9. The third-order valence-corrected chi connectivity index (χ3v) is 5.39. The molecular formula is C20H41N2O3+. The molecule has 0 unspecified atom stereocenters. The predicted octanol–water partition coefficient (Wildman–Crippen LogP) is 4.76. The van der Waals surface area contributed by atoms with Crippen molar-refractivity contribution in [3.63, 3.8) is 0 Å². The van der Waals surface area contributed by atoms with Gasteiger partial charge in [0.15, 0.2) is 0 Å². The van der Waals surface area contributed by atoms with Gasteiger partial charge in [-0.1, -0.05) is 58.3 Å². The topological polar surface area (TPSA) is 38.8 Å². The highest BCUT2D eigenvalue weighted by Crippen LogP contribution is 2.17. The number of carbonyl (C=O) groups is 1. The minimum absolute atomic E-state index is 0.185. The molecule has 0 spiro atoms. The van der Waals surface area contributed by atoms with Crippen LogP contribution >= 0.6 is 0 Å². The highest BCUT2D eigenvalue weighted by atomic mass is 16.7. The van der Waals surface area contributed by atoms with Gasteiger partial charge in [0.2, 0.25) is 0 Å². The van der Waals surface area contributed by atoms with Gasteiger partial charge in [0, 0.05) is 0 Å². The molecule has 0 aromatic heterocycles. The molecule has 1 heterocycles. The van der Waals surface area contributed by atoms with Crippen LogP contribution in [-0.4, -0.2) is 62.1 Å². The summed E-state index contributed by atoms with van der Waals surface area (Å²) in [7, 11) is 1.80. The van der Waals surface area contributed by atoms with Gasteiger partial charge in [-0.2, -0.15) is 4.65 Å². The number of nitrogens with zero attached hydrogens (tertiary/aromatic N) is 2. The minimum Gasteiger partial charge on any atom is -0.450 e. The molecule has 148 valence electrons. The first kappa shape index (κ1) is 22.2. The fourth-order valence-electron chi connectivity index (χ4n) is 3.61. The van der Waals surface area contributed by atoms with Crippen molar-refractivity contribution in [1.82, 2.24) is 4.90 Å². The van der Waals surface area contributed by atoms with Crippen LogP contribution in [0.2, 0.25) is 0 Å². The van der Waals surface area contributed by atoms with Gasteiger partial charge in [0.25, 0.3) is 0 Å². The van der Waals surface area contributed by atoms with Crippen molar-refractivity contribution in [1.29, 1.82) is 0 Å². The Balaban J connectivity index is 2.09. The molecule has 1 fully saturated rings. The average Bonchev–Trinajstić information content (AvgIpc) is 2.64. The van der Waals surface area contributed by atoms with Crippen molar-refractivity contribution in [2.45, 2.75) is 78.1 Å². The molecule has 0 aliphatic carbocycles. The first-order valence-corrected chi connectivity index (χ1v) is 10.5. The second kappa shape index (κ2) is 13.4. The molecule has 1 amide bonds. The van der Waals surface area contributed by atoms with Crippen LogP contribution in [0.5, 0.6) is 0 Å². The van der Waals surface area contributed by atoms with E-state index in [4.69, 9.17) is 9.57 Å². The number of quaternary nitrogens is 1. The van der Waals surface area contributed by atoms with Crippen molar-refractivity contribution < 1.29 is 19.0 Å². The number of unbranched alkanes of at least 4 members (excludes halogenated alkanes) is 9. The van der Waals surface area contributed by atoms with Crippen LogP contribution < -0.4 is 0 Å². The number of carbonyl (C=O) groups excluding carboxylic acids is 1. The molecule has 0 aromatic carbocycles. The Hall–Kier alpha value is -0.810. The highest BCUT2D eigenvalue weighted by Gasteiger charge is 2.35. The molecule has 0 aromatic rings. The number of piperazine rings is 1. The van der Waals surface area contributed by atoms with Crippen LogP contribution in [0.1, 0.15) is 78.1 Å². The van der Waals surface area contributed by atoms with Crippen LogP contribution in [0.15, 0.2) is 0 Å². The van der Waals surface area contributed by atoms with Crippen LogP contribution in [0.4, 0.5) is 4.79 Å². The van der Waals surface area contributed by atoms with Gasteiger partial charge in [-0.3, -0.25) is 4.90 Å². The van der Waals surface area contributed by atoms with E-state index in [9.17, 15) is 4.79 Å². The lowest BCUT2D eigenvalue weighted by atomic mass is 10.1. The van der Waals surface area contributed by atoms with E-state index in [1.54, 1.807) is 12.0 Å². The summed E-state index contributed by atoms with van der Waals surface area (Å²) in [5.41, 5.74) is 0. The molecule has 1 rings (SSSR count). The van der Waals surface area contributed by atoms with Crippen molar-refractivity contribution in [3.05, 3.63) is 0 Å². The fourth-order valence-corrected chi connectivity index (χ4v) is 3.61. The number of hydrogen-bond acceptors (Lipinski definition) is 3. The maximum atomic E-state index is 11.8. The summed E-state index contributed by atoms with van der Waals surface area (Å²) < 4.78 is 5.78. The molecule has 5 heteroatoms. The van der Waals surface area contributed by atoms with E-state index in [-0.39, 0.29) is 6.09 Å². The Morgan fingerprint density at radius 1 is 0.880 bits per heavy atom. The Morgan fingerprint density at radius 2 is 1.40 bits per heavy atom. The molecular weight excluding hydrogens is 316 g/mol. The number of hydrogen-bond donors (Lipinski definition) is 0. The van der Waals surface area contributed by atoms with Crippen molar-refractivity contribution >= 4 is 6.09 Å². The normalized spacial score (nSPS) is 16.8. The maximum absolute atomic E-state index is 11.8. The first-order chi connectivity index (χ1) is 12.2. The molecule has 0 saturated carbocycles. The van der Waals surface area contributed by atoms with Gasteiger partial charge < -0.3 is 4.74 Å².